The van der Waals surface area contributed by atoms with Crippen LogP contribution in [0.4, 0.5) is 5.69 Å². The molecule has 162 valence electrons. The van der Waals surface area contributed by atoms with Gasteiger partial charge in [-0.3, -0.25) is 14.5 Å². The first-order chi connectivity index (χ1) is 14.6. The Morgan fingerprint density at radius 3 is 2.47 bits per heavy atom. The maximum absolute atomic E-state index is 12.5. The molecule has 0 saturated carbocycles. The van der Waals surface area contributed by atoms with Gasteiger partial charge in [0.2, 0.25) is 0 Å². The summed E-state index contributed by atoms with van der Waals surface area (Å²) < 4.78 is 10.4. The lowest BCUT2D eigenvalue weighted by molar-refractivity contribution is -0.136. The minimum absolute atomic E-state index is 0.0709. The van der Waals surface area contributed by atoms with Crippen LogP contribution in [0.2, 0.25) is 0 Å². The highest BCUT2D eigenvalue weighted by atomic mass is 32.1. The summed E-state index contributed by atoms with van der Waals surface area (Å²) in [5, 5.41) is 9.59. The van der Waals surface area contributed by atoms with Crippen LogP contribution in [0.25, 0.3) is 0 Å². The average Bonchev–Trinajstić information content (AvgIpc) is 3.16. The molecule has 2 aromatic rings. The molecule has 8 heteroatoms. The van der Waals surface area contributed by atoms with Crippen molar-refractivity contribution in [2.45, 2.75) is 31.7 Å². The van der Waals surface area contributed by atoms with E-state index >= 15 is 0 Å². The zero-order chi connectivity index (χ0) is 21.3. The number of anilines is 1. The fourth-order valence-corrected chi connectivity index (χ4v) is 4.39. The van der Waals surface area contributed by atoms with Crippen LogP contribution in [0.3, 0.4) is 0 Å². The number of carbonyl (C=O) groups is 2. The number of carbonyl (C=O) groups excluding carboxylic acids is 2. The van der Waals surface area contributed by atoms with Crippen LogP contribution >= 0.6 is 11.3 Å². The number of rotatable bonds is 7. The van der Waals surface area contributed by atoms with E-state index in [1.165, 1.54) is 25.5 Å². The fraction of sp³-hybridized carbons (Fsp3) is 0.455. The number of hydrogen-bond acceptors (Lipinski definition) is 6. The largest absolute Gasteiger partial charge is 0.497 e. The molecule has 0 unspecified atom stereocenters. The molecule has 3 rings (SSSR count). The topological polar surface area (TPSA) is 79.9 Å². The van der Waals surface area contributed by atoms with E-state index in [4.69, 9.17) is 9.47 Å². The lowest BCUT2D eigenvalue weighted by Crippen LogP contribution is -2.42. The zero-order valence-corrected chi connectivity index (χ0v) is 18.3. The SMILES string of the molecule is COc1ccc(NC(=O)C(=O)NC[C@@H](c2ccsc2)N2CCCCCC2)c(OC)c1. The van der Waals surface area contributed by atoms with Crippen molar-refractivity contribution in [2.75, 3.05) is 39.2 Å². The third-order valence-corrected chi connectivity index (χ3v) is 6.03. The number of likely N-dealkylation sites (tertiary alicyclic amines) is 1. The molecule has 1 aromatic carbocycles. The summed E-state index contributed by atoms with van der Waals surface area (Å²) in [6.07, 6.45) is 4.80. The molecule has 0 aliphatic carbocycles. The highest BCUT2D eigenvalue weighted by Crippen LogP contribution is 2.29. The molecule has 1 fully saturated rings. The van der Waals surface area contributed by atoms with Gasteiger partial charge in [-0.05, 0) is 60.5 Å². The normalized spacial score (nSPS) is 15.7. The van der Waals surface area contributed by atoms with Crippen molar-refractivity contribution in [2.24, 2.45) is 0 Å². The Morgan fingerprint density at radius 1 is 1.07 bits per heavy atom. The van der Waals surface area contributed by atoms with Crippen LogP contribution in [0, 0.1) is 0 Å². The van der Waals surface area contributed by atoms with Gasteiger partial charge in [0.15, 0.2) is 0 Å². The predicted octanol–water partition coefficient (Wildman–Crippen LogP) is 3.44. The van der Waals surface area contributed by atoms with E-state index in [1.54, 1.807) is 36.6 Å². The number of nitrogens with one attached hydrogen (secondary N) is 2. The van der Waals surface area contributed by atoms with Gasteiger partial charge in [-0.2, -0.15) is 11.3 Å². The molecule has 30 heavy (non-hydrogen) atoms. The third kappa shape index (κ3) is 5.73. The van der Waals surface area contributed by atoms with E-state index in [0.29, 0.717) is 23.7 Å². The maximum atomic E-state index is 12.5. The number of amides is 2. The van der Waals surface area contributed by atoms with E-state index < -0.39 is 11.8 Å². The van der Waals surface area contributed by atoms with Gasteiger partial charge in [0.1, 0.15) is 11.5 Å². The molecule has 1 saturated heterocycles. The Morgan fingerprint density at radius 2 is 1.83 bits per heavy atom. The number of benzene rings is 1. The second-order valence-corrected chi connectivity index (χ2v) is 8.03. The van der Waals surface area contributed by atoms with E-state index in [-0.39, 0.29) is 6.04 Å². The van der Waals surface area contributed by atoms with E-state index in [9.17, 15) is 9.59 Å². The first-order valence-electron chi connectivity index (χ1n) is 10.2. The average molecular weight is 432 g/mol. The lowest BCUT2D eigenvalue weighted by Gasteiger charge is -2.30. The summed E-state index contributed by atoms with van der Waals surface area (Å²) in [6.45, 7) is 2.40. The van der Waals surface area contributed by atoms with Crippen LogP contribution in [0.15, 0.2) is 35.0 Å². The van der Waals surface area contributed by atoms with Gasteiger partial charge in [0, 0.05) is 12.6 Å². The number of nitrogens with zero attached hydrogens (tertiary/aromatic N) is 1. The molecule has 1 aromatic heterocycles. The summed E-state index contributed by atoms with van der Waals surface area (Å²) in [7, 11) is 3.05. The molecule has 1 aliphatic heterocycles. The smallest absolute Gasteiger partial charge is 0.313 e. The lowest BCUT2D eigenvalue weighted by atomic mass is 10.1. The van der Waals surface area contributed by atoms with E-state index in [0.717, 1.165) is 25.9 Å². The third-order valence-electron chi connectivity index (χ3n) is 5.33. The van der Waals surface area contributed by atoms with Crippen molar-refractivity contribution in [3.63, 3.8) is 0 Å². The van der Waals surface area contributed by atoms with Crippen molar-refractivity contribution in [3.8, 4) is 11.5 Å². The fourth-order valence-electron chi connectivity index (χ4n) is 3.68. The molecule has 2 heterocycles. The van der Waals surface area contributed by atoms with Crippen molar-refractivity contribution >= 4 is 28.8 Å². The Labute approximate surface area is 181 Å². The standard InChI is InChI=1S/C22H29N3O4S/c1-28-17-7-8-18(20(13-17)29-2)24-22(27)21(26)23-14-19(16-9-12-30-15-16)25-10-5-3-4-6-11-25/h7-9,12-13,15,19H,3-6,10-11,14H2,1-2H3,(H,23,26)(H,24,27)/t19-/m0/s1. The summed E-state index contributed by atoms with van der Waals surface area (Å²) >= 11 is 1.64. The van der Waals surface area contributed by atoms with Crippen LogP contribution in [0.1, 0.15) is 37.3 Å². The van der Waals surface area contributed by atoms with Crippen molar-refractivity contribution in [1.29, 1.82) is 0 Å². The molecule has 0 bridgehead atoms. The summed E-state index contributed by atoms with van der Waals surface area (Å²) in [5.74, 6) is -0.358. The first-order valence-corrected chi connectivity index (χ1v) is 11.1. The Balaban J connectivity index is 1.63. The van der Waals surface area contributed by atoms with Gasteiger partial charge in [0.25, 0.3) is 0 Å². The minimum Gasteiger partial charge on any atom is -0.497 e. The van der Waals surface area contributed by atoms with E-state index in [2.05, 4.69) is 27.0 Å². The molecule has 2 amide bonds. The van der Waals surface area contributed by atoms with Crippen LogP contribution in [0.5, 0.6) is 11.5 Å². The van der Waals surface area contributed by atoms with Gasteiger partial charge >= 0.3 is 11.8 Å². The highest BCUT2D eigenvalue weighted by Gasteiger charge is 2.24. The van der Waals surface area contributed by atoms with Crippen molar-refractivity contribution in [3.05, 3.63) is 40.6 Å². The van der Waals surface area contributed by atoms with E-state index in [1.807, 2.05) is 5.38 Å². The van der Waals surface area contributed by atoms with Gasteiger partial charge in [-0.15, -0.1) is 0 Å². The summed E-state index contributed by atoms with van der Waals surface area (Å²) in [4.78, 5) is 27.4. The Bertz CT molecular complexity index is 833. The second-order valence-electron chi connectivity index (χ2n) is 7.25. The maximum Gasteiger partial charge on any atom is 0.313 e. The Kier molecular flexibility index (Phi) is 8.10. The summed E-state index contributed by atoms with van der Waals surface area (Å²) in [5.41, 5.74) is 1.60. The van der Waals surface area contributed by atoms with Crippen LogP contribution in [-0.2, 0) is 9.59 Å². The minimum atomic E-state index is -0.724. The number of hydrogen-bond donors (Lipinski definition) is 2. The first kappa shape index (κ1) is 22.1. The number of thiophene rings is 1. The number of ether oxygens (including phenoxy) is 2. The second kappa shape index (κ2) is 11.0. The zero-order valence-electron chi connectivity index (χ0n) is 17.5. The molecule has 0 spiro atoms. The molecule has 1 atom stereocenters. The van der Waals surface area contributed by atoms with Crippen LogP contribution < -0.4 is 20.1 Å². The van der Waals surface area contributed by atoms with Crippen LogP contribution in [-0.4, -0.2) is 50.6 Å². The van der Waals surface area contributed by atoms with Crippen molar-refractivity contribution in [1.82, 2.24) is 10.2 Å². The Hall–Kier alpha value is -2.58. The molecular formula is C22H29N3O4S. The molecule has 1 aliphatic rings. The summed E-state index contributed by atoms with van der Waals surface area (Å²) in [6, 6.07) is 7.16. The van der Waals surface area contributed by atoms with Gasteiger partial charge in [-0.25, -0.2) is 0 Å². The van der Waals surface area contributed by atoms with Gasteiger partial charge < -0.3 is 20.1 Å². The molecule has 7 nitrogen and oxygen atoms in total. The quantitative estimate of drug-likeness (QED) is 0.657. The number of methoxy groups -OCH3 is 2. The molecule has 0 radical (unpaired) electrons. The van der Waals surface area contributed by atoms with Gasteiger partial charge in [-0.1, -0.05) is 12.8 Å². The van der Waals surface area contributed by atoms with Crippen molar-refractivity contribution < 1.29 is 19.1 Å². The predicted molar refractivity (Wildman–Crippen MR) is 118 cm³/mol. The highest BCUT2D eigenvalue weighted by molar-refractivity contribution is 7.08. The monoisotopic (exact) mass is 431 g/mol. The van der Waals surface area contributed by atoms with Gasteiger partial charge in [0.05, 0.1) is 25.9 Å². The molecular weight excluding hydrogens is 402 g/mol. The molecule has 2 N–H and O–H groups in total.